The molecule has 1 aromatic rings. The van der Waals surface area contributed by atoms with Crippen LogP contribution in [0.1, 0.15) is 10.4 Å². The van der Waals surface area contributed by atoms with Crippen LogP contribution in [0.15, 0.2) is 18.2 Å². The third-order valence-electron chi connectivity index (χ3n) is 2.13. The number of anilines is 1. The van der Waals surface area contributed by atoms with Crippen molar-refractivity contribution in [1.82, 2.24) is 5.32 Å². The van der Waals surface area contributed by atoms with Crippen LogP contribution in [-0.4, -0.2) is 32.2 Å². The number of primary amides is 1. The monoisotopic (exact) mass is 271 g/mol. The van der Waals surface area contributed by atoms with Crippen LogP contribution in [-0.2, 0) is 4.74 Å². The van der Waals surface area contributed by atoms with Crippen molar-refractivity contribution in [2.45, 2.75) is 0 Å². The first kappa shape index (κ1) is 14.1. The van der Waals surface area contributed by atoms with Crippen LogP contribution in [0.2, 0.25) is 5.02 Å². The van der Waals surface area contributed by atoms with Gasteiger partial charge in [-0.25, -0.2) is 4.79 Å². The molecular weight excluding hydrogens is 258 g/mol. The zero-order valence-corrected chi connectivity index (χ0v) is 10.6. The molecule has 7 heteroatoms. The molecule has 0 radical (unpaired) electrons. The fourth-order valence-electron chi connectivity index (χ4n) is 1.33. The summed E-state index contributed by atoms with van der Waals surface area (Å²) in [6.45, 7) is 0.202. The quantitative estimate of drug-likeness (QED) is 0.702. The maximum atomic E-state index is 11.8. The van der Waals surface area contributed by atoms with Gasteiger partial charge in [-0.1, -0.05) is 11.6 Å². The largest absolute Gasteiger partial charge is 0.448 e. The van der Waals surface area contributed by atoms with Crippen LogP contribution in [0.5, 0.6) is 0 Å². The third-order valence-corrected chi connectivity index (χ3v) is 2.36. The summed E-state index contributed by atoms with van der Waals surface area (Å²) in [6, 6.07) is 4.94. The van der Waals surface area contributed by atoms with Crippen molar-refractivity contribution < 1.29 is 14.3 Å². The Bertz CT molecular complexity index is 451. The molecule has 2 amide bonds. The van der Waals surface area contributed by atoms with Gasteiger partial charge in [-0.2, -0.15) is 0 Å². The predicted molar refractivity (Wildman–Crippen MR) is 68.9 cm³/mol. The standard InChI is InChI=1S/C11H14ClN3O3/c1-14-9-3-2-7(12)6-8(9)10(16)15-4-5-18-11(13)17/h2-3,6,14H,4-5H2,1H3,(H2,13,17)(H,15,16). The molecule has 0 unspecified atom stereocenters. The van der Waals surface area contributed by atoms with Gasteiger partial charge < -0.3 is 21.1 Å². The molecule has 18 heavy (non-hydrogen) atoms. The Balaban J connectivity index is 2.60. The molecule has 0 aliphatic rings. The number of hydrogen-bond donors (Lipinski definition) is 3. The van der Waals surface area contributed by atoms with Gasteiger partial charge in [0.1, 0.15) is 6.61 Å². The molecule has 0 aromatic heterocycles. The van der Waals surface area contributed by atoms with Crippen LogP contribution < -0.4 is 16.4 Å². The van der Waals surface area contributed by atoms with Gasteiger partial charge >= 0.3 is 6.09 Å². The lowest BCUT2D eigenvalue weighted by Gasteiger charge is -2.10. The third kappa shape index (κ3) is 4.14. The van der Waals surface area contributed by atoms with E-state index in [2.05, 4.69) is 15.4 Å². The SMILES string of the molecule is CNc1ccc(Cl)cc1C(=O)NCCOC(N)=O. The Morgan fingerprint density at radius 1 is 1.44 bits per heavy atom. The highest BCUT2D eigenvalue weighted by atomic mass is 35.5. The molecule has 0 atom stereocenters. The summed E-state index contributed by atoms with van der Waals surface area (Å²) in [4.78, 5) is 22.2. The van der Waals surface area contributed by atoms with E-state index in [9.17, 15) is 9.59 Å². The number of carbonyl (C=O) groups is 2. The number of nitrogens with one attached hydrogen (secondary N) is 2. The van der Waals surface area contributed by atoms with Gasteiger partial charge in [0.05, 0.1) is 12.1 Å². The molecule has 0 saturated heterocycles. The van der Waals surface area contributed by atoms with E-state index in [-0.39, 0.29) is 19.1 Å². The predicted octanol–water partition coefficient (Wildman–Crippen LogP) is 1.21. The average Bonchev–Trinajstić information content (AvgIpc) is 2.34. The highest BCUT2D eigenvalue weighted by molar-refractivity contribution is 6.31. The van der Waals surface area contributed by atoms with Crippen LogP contribution in [0, 0.1) is 0 Å². The fourth-order valence-corrected chi connectivity index (χ4v) is 1.51. The molecular formula is C11H14ClN3O3. The summed E-state index contributed by atoms with van der Waals surface area (Å²) in [7, 11) is 1.70. The van der Waals surface area contributed by atoms with Crippen molar-refractivity contribution in [2.24, 2.45) is 5.73 Å². The minimum atomic E-state index is -0.872. The normalized spacial score (nSPS) is 9.67. The molecule has 0 bridgehead atoms. The first-order chi connectivity index (χ1) is 8.54. The highest BCUT2D eigenvalue weighted by Gasteiger charge is 2.10. The number of hydrogen-bond acceptors (Lipinski definition) is 4. The Kier molecular flexibility index (Phi) is 5.26. The fraction of sp³-hybridized carbons (Fsp3) is 0.273. The zero-order valence-electron chi connectivity index (χ0n) is 9.83. The molecule has 0 aliphatic heterocycles. The van der Waals surface area contributed by atoms with E-state index in [0.29, 0.717) is 16.3 Å². The number of rotatable bonds is 5. The lowest BCUT2D eigenvalue weighted by atomic mass is 10.1. The van der Waals surface area contributed by atoms with Crippen LogP contribution in [0.25, 0.3) is 0 Å². The molecule has 0 fully saturated rings. The van der Waals surface area contributed by atoms with Gasteiger partial charge in [0.25, 0.3) is 5.91 Å². The molecule has 0 spiro atoms. The Labute approximate surface area is 109 Å². The Morgan fingerprint density at radius 2 is 2.17 bits per heavy atom. The van der Waals surface area contributed by atoms with Crippen molar-refractivity contribution in [2.75, 3.05) is 25.5 Å². The molecule has 6 nitrogen and oxygen atoms in total. The molecule has 0 saturated carbocycles. The van der Waals surface area contributed by atoms with Gasteiger partial charge in [0.2, 0.25) is 0 Å². The summed E-state index contributed by atoms with van der Waals surface area (Å²) in [6.07, 6.45) is -0.872. The van der Waals surface area contributed by atoms with Gasteiger partial charge in [-0.3, -0.25) is 4.79 Å². The minimum absolute atomic E-state index is 0.0243. The number of carbonyl (C=O) groups excluding carboxylic acids is 2. The molecule has 1 aromatic carbocycles. The summed E-state index contributed by atoms with van der Waals surface area (Å²) < 4.78 is 4.49. The number of nitrogens with two attached hydrogens (primary N) is 1. The number of amides is 2. The second kappa shape index (κ2) is 6.70. The van der Waals surface area contributed by atoms with Crippen molar-refractivity contribution in [3.63, 3.8) is 0 Å². The zero-order chi connectivity index (χ0) is 13.5. The molecule has 0 heterocycles. The Hall–Kier alpha value is -1.95. The molecule has 1 rings (SSSR count). The molecule has 0 aliphatic carbocycles. The van der Waals surface area contributed by atoms with Crippen molar-refractivity contribution in [3.05, 3.63) is 28.8 Å². The van der Waals surface area contributed by atoms with E-state index < -0.39 is 6.09 Å². The van der Waals surface area contributed by atoms with Crippen molar-refractivity contribution >= 4 is 29.3 Å². The summed E-state index contributed by atoms with van der Waals surface area (Å²) in [5.41, 5.74) is 5.87. The van der Waals surface area contributed by atoms with Gasteiger partial charge in [-0.05, 0) is 18.2 Å². The van der Waals surface area contributed by atoms with E-state index >= 15 is 0 Å². The maximum Gasteiger partial charge on any atom is 0.404 e. The van der Waals surface area contributed by atoms with Crippen LogP contribution in [0.4, 0.5) is 10.5 Å². The lowest BCUT2D eigenvalue weighted by molar-refractivity contribution is 0.0937. The summed E-state index contributed by atoms with van der Waals surface area (Å²) in [5, 5.41) is 5.94. The van der Waals surface area contributed by atoms with E-state index in [1.54, 1.807) is 25.2 Å². The van der Waals surface area contributed by atoms with Gasteiger partial charge in [-0.15, -0.1) is 0 Å². The maximum absolute atomic E-state index is 11.8. The summed E-state index contributed by atoms with van der Waals surface area (Å²) in [5.74, 6) is -0.310. The van der Waals surface area contributed by atoms with E-state index in [0.717, 1.165) is 0 Å². The summed E-state index contributed by atoms with van der Waals surface area (Å²) >= 11 is 5.83. The van der Waals surface area contributed by atoms with Gasteiger partial charge in [0.15, 0.2) is 0 Å². The van der Waals surface area contributed by atoms with Crippen molar-refractivity contribution in [3.8, 4) is 0 Å². The average molecular weight is 272 g/mol. The minimum Gasteiger partial charge on any atom is -0.448 e. The topological polar surface area (TPSA) is 93.4 Å². The first-order valence-electron chi connectivity index (χ1n) is 5.22. The van der Waals surface area contributed by atoms with E-state index in [4.69, 9.17) is 17.3 Å². The van der Waals surface area contributed by atoms with E-state index in [1.807, 2.05) is 0 Å². The molecule has 4 N–H and O–H groups in total. The number of ether oxygens (including phenoxy) is 1. The lowest BCUT2D eigenvalue weighted by Crippen LogP contribution is -2.29. The van der Waals surface area contributed by atoms with Crippen LogP contribution >= 0.6 is 11.6 Å². The van der Waals surface area contributed by atoms with Crippen molar-refractivity contribution in [1.29, 1.82) is 0 Å². The van der Waals surface area contributed by atoms with E-state index in [1.165, 1.54) is 0 Å². The second-order valence-corrected chi connectivity index (χ2v) is 3.80. The first-order valence-corrected chi connectivity index (χ1v) is 5.60. The Morgan fingerprint density at radius 3 is 2.78 bits per heavy atom. The number of halogens is 1. The van der Waals surface area contributed by atoms with Crippen LogP contribution in [0.3, 0.4) is 0 Å². The van der Waals surface area contributed by atoms with Gasteiger partial charge in [0, 0.05) is 17.8 Å². The highest BCUT2D eigenvalue weighted by Crippen LogP contribution is 2.19. The molecule has 98 valence electrons. The smallest absolute Gasteiger partial charge is 0.404 e. The number of benzene rings is 1. The second-order valence-electron chi connectivity index (χ2n) is 3.36.